The summed E-state index contributed by atoms with van der Waals surface area (Å²) in [5.41, 5.74) is 3.85. The minimum Gasteiger partial charge on any atom is -0.265 e. The van der Waals surface area contributed by atoms with Gasteiger partial charge in [-0.25, -0.2) is 0 Å². The predicted octanol–water partition coefficient (Wildman–Crippen LogP) is 2.32. The molecule has 0 bridgehead atoms. The fraction of sp³-hybridized carbons (Fsp3) is 0. The summed E-state index contributed by atoms with van der Waals surface area (Å²) in [7, 11) is 0. The Hall–Kier alpha value is -2.82. The van der Waals surface area contributed by atoms with Crippen LogP contribution in [0, 0.1) is 0 Å². The van der Waals surface area contributed by atoms with Crippen molar-refractivity contribution in [1.82, 2.24) is 25.4 Å². The van der Waals surface area contributed by atoms with E-state index in [0.29, 0.717) is 17.1 Å². The van der Waals surface area contributed by atoms with Crippen molar-refractivity contribution >= 4 is 5.57 Å². The van der Waals surface area contributed by atoms with E-state index in [4.69, 9.17) is 0 Å². The minimum atomic E-state index is 0.653. The van der Waals surface area contributed by atoms with Crippen LogP contribution < -0.4 is 0 Å². The third-order valence-corrected chi connectivity index (χ3v) is 2.77. The topological polar surface area (TPSA) is 67.3 Å². The third kappa shape index (κ3) is 2.13. The smallest absolute Gasteiger partial charge is 0.133 e. The molecule has 0 amide bonds. The molecule has 92 valence electrons. The standard InChI is InChI=1S/C14H11N5/c1-10(11-5-3-2-4-6-11)13-14(16-8-7-15-13)12-9-17-19-18-12/h2-9H,1H2,(H,17,18,19). The highest BCUT2D eigenvalue weighted by Gasteiger charge is 2.13. The first-order valence-corrected chi connectivity index (χ1v) is 5.79. The molecule has 0 aliphatic heterocycles. The van der Waals surface area contributed by atoms with Gasteiger partial charge in [0.2, 0.25) is 0 Å². The van der Waals surface area contributed by atoms with E-state index in [1.54, 1.807) is 18.6 Å². The molecule has 0 saturated heterocycles. The Morgan fingerprint density at radius 3 is 2.58 bits per heavy atom. The fourth-order valence-electron chi connectivity index (χ4n) is 1.84. The lowest BCUT2D eigenvalue weighted by Crippen LogP contribution is -1.97. The first kappa shape index (κ1) is 11.3. The van der Waals surface area contributed by atoms with Crippen molar-refractivity contribution in [1.29, 1.82) is 0 Å². The van der Waals surface area contributed by atoms with E-state index in [0.717, 1.165) is 11.1 Å². The summed E-state index contributed by atoms with van der Waals surface area (Å²) >= 11 is 0. The number of hydrogen-bond donors (Lipinski definition) is 1. The van der Waals surface area contributed by atoms with Crippen molar-refractivity contribution in [3.05, 3.63) is 66.8 Å². The van der Waals surface area contributed by atoms with Crippen LogP contribution >= 0.6 is 0 Å². The van der Waals surface area contributed by atoms with Gasteiger partial charge in [-0.2, -0.15) is 0 Å². The normalized spacial score (nSPS) is 10.3. The maximum Gasteiger partial charge on any atom is 0.133 e. The molecular weight excluding hydrogens is 238 g/mol. The summed E-state index contributed by atoms with van der Waals surface area (Å²) in [5.74, 6) is 0. The van der Waals surface area contributed by atoms with Gasteiger partial charge in [0.25, 0.3) is 0 Å². The Morgan fingerprint density at radius 2 is 1.84 bits per heavy atom. The monoisotopic (exact) mass is 249 g/mol. The molecule has 0 atom stereocenters. The maximum absolute atomic E-state index is 4.37. The predicted molar refractivity (Wildman–Crippen MR) is 72.0 cm³/mol. The second-order valence-corrected chi connectivity index (χ2v) is 3.96. The lowest BCUT2D eigenvalue weighted by Gasteiger charge is -2.08. The van der Waals surface area contributed by atoms with Gasteiger partial charge in [0.1, 0.15) is 11.4 Å². The molecule has 19 heavy (non-hydrogen) atoms. The number of nitrogens with one attached hydrogen (secondary N) is 1. The lowest BCUT2D eigenvalue weighted by molar-refractivity contribution is 0.940. The summed E-state index contributed by atoms with van der Waals surface area (Å²) < 4.78 is 0. The van der Waals surface area contributed by atoms with Crippen LogP contribution in [0.15, 0.2) is 55.5 Å². The van der Waals surface area contributed by atoms with E-state index in [1.165, 1.54) is 0 Å². The molecule has 1 N–H and O–H groups in total. The summed E-state index contributed by atoms with van der Waals surface area (Å²) in [6, 6.07) is 9.87. The minimum absolute atomic E-state index is 0.653. The highest BCUT2D eigenvalue weighted by atomic mass is 15.3. The molecule has 0 radical (unpaired) electrons. The third-order valence-electron chi connectivity index (χ3n) is 2.77. The van der Waals surface area contributed by atoms with Crippen molar-refractivity contribution in [3.8, 4) is 11.4 Å². The van der Waals surface area contributed by atoms with Crippen molar-refractivity contribution in [3.63, 3.8) is 0 Å². The van der Waals surface area contributed by atoms with Crippen LogP contribution in [-0.2, 0) is 0 Å². The van der Waals surface area contributed by atoms with Gasteiger partial charge in [-0.1, -0.05) is 42.1 Å². The summed E-state index contributed by atoms with van der Waals surface area (Å²) in [6.07, 6.45) is 4.96. The number of aromatic amines is 1. The number of aromatic nitrogens is 5. The highest BCUT2D eigenvalue weighted by Crippen LogP contribution is 2.26. The molecule has 0 spiro atoms. The Balaban J connectivity index is 2.09. The molecule has 5 heteroatoms. The summed E-state index contributed by atoms with van der Waals surface area (Å²) in [5, 5.41) is 10.3. The molecule has 3 rings (SSSR count). The zero-order valence-electron chi connectivity index (χ0n) is 10.1. The summed E-state index contributed by atoms with van der Waals surface area (Å²) in [6.45, 7) is 4.10. The average Bonchev–Trinajstić information content (AvgIpc) is 3.01. The van der Waals surface area contributed by atoms with Gasteiger partial charge >= 0.3 is 0 Å². The van der Waals surface area contributed by atoms with Gasteiger partial charge in [0.05, 0.1) is 11.9 Å². The van der Waals surface area contributed by atoms with Crippen LogP contribution in [0.5, 0.6) is 0 Å². The van der Waals surface area contributed by atoms with Gasteiger partial charge in [-0.15, -0.1) is 5.10 Å². The SMILES string of the molecule is C=C(c1ccccc1)c1nccnc1-c1c[nH]nn1. The van der Waals surface area contributed by atoms with Gasteiger partial charge < -0.3 is 0 Å². The van der Waals surface area contributed by atoms with Crippen molar-refractivity contribution in [2.24, 2.45) is 0 Å². The van der Waals surface area contributed by atoms with E-state index in [-0.39, 0.29) is 0 Å². The molecule has 5 nitrogen and oxygen atoms in total. The van der Waals surface area contributed by atoms with Crippen molar-refractivity contribution in [2.75, 3.05) is 0 Å². The molecule has 0 fully saturated rings. The molecule has 0 unspecified atom stereocenters. The molecule has 0 aliphatic carbocycles. The van der Waals surface area contributed by atoms with Gasteiger partial charge in [0, 0.05) is 18.0 Å². The Morgan fingerprint density at radius 1 is 1.05 bits per heavy atom. The fourth-order valence-corrected chi connectivity index (χ4v) is 1.84. The van der Waals surface area contributed by atoms with Gasteiger partial charge in [-0.05, 0) is 5.56 Å². The number of rotatable bonds is 3. The second-order valence-electron chi connectivity index (χ2n) is 3.96. The average molecular weight is 249 g/mol. The molecule has 2 aromatic heterocycles. The van der Waals surface area contributed by atoms with Gasteiger partial charge in [0.15, 0.2) is 0 Å². The van der Waals surface area contributed by atoms with Crippen molar-refractivity contribution < 1.29 is 0 Å². The number of hydrogen-bond acceptors (Lipinski definition) is 4. The zero-order valence-corrected chi connectivity index (χ0v) is 10.1. The number of benzene rings is 1. The largest absolute Gasteiger partial charge is 0.265 e. The zero-order chi connectivity index (χ0) is 13.1. The Labute approximate surface area is 110 Å². The maximum atomic E-state index is 4.37. The van der Waals surface area contributed by atoms with E-state index >= 15 is 0 Å². The van der Waals surface area contributed by atoms with Crippen LogP contribution in [0.1, 0.15) is 11.3 Å². The van der Waals surface area contributed by atoms with Crippen LogP contribution in [0.25, 0.3) is 17.0 Å². The first-order valence-electron chi connectivity index (χ1n) is 5.79. The first-order chi connectivity index (χ1) is 9.36. The number of H-pyrrole nitrogens is 1. The van der Waals surface area contributed by atoms with Crippen LogP contribution in [0.3, 0.4) is 0 Å². The van der Waals surface area contributed by atoms with Gasteiger partial charge in [-0.3, -0.25) is 15.1 Å². The summed E-state index contributed by atoms with van der Waals surface area (Å²) in [4.78, 5) is 8.69. The van der Waals surface area contributed by atoms with Crippen LogP contribution in [0.2, 0.25) is 0 Å². The molecule has 2 heterocycles. The quantitative estimate of drug-likeness (QED) is 0.773. The highest BCUT2D eigenvalue weighted by molar-refractivity contribution is 5.82. The molecule has 3 aromatic rings. The van der Waals surface area contributed by atoms with E-state index in [9.17, 15) is 0 Å². The van der Waals surface area contributed by atoms with Crippen LogP contribution in [0.4, 0.5) is 0 Å². The number of nitrogens with zero attached hydrogens (tertiary/aromatic N) is 4. The Bertz CT molecular complexity index is 689. The van der Waals surface area contributed by atoms with Crippen molar-refractivity contribution in [2.45, 2.75) is 0 Å². The van der Waals surface area contributed by atoms with E-state index in [1.807, 2.05) is 30.3 Å². The molecule has 0 saturated carbocycles. The van der Waals surface area contributed by atoms with E-state index in [2.05, 4.69) is 32.0 Å². The lowest BCUT2D eigenvalue weighted by atomic mass is 10.0. The van der Waals surface area contributed by atoms with Crippen LogP contribution in [-0.4, -0.2) is 25.4 Å². The molecule has 1 aromatic carbocycles. The Kier molecular flexibility index (Phi) is 2.86. The molecule has 0 aliphatic rings. The second kappa shape index (κ2) is 4.81. The molecular formula is C14H11N5. The van der Waals surface area contributed by atoms with E-state index < -0.39 is 0 Å².